The molecule has 188 valence electrons. The van der Waals surface area contributed by atoms with E-state index in [1.54, 1.807) is 31.2 Å². The van der Waals surface area contributed by atoms with Gasteiger partial charge < -0.3 is 30.8 Å². The second-order valence-electron chi connectivity index (χ2n) is 8.50. The molecular formula is C25H28N6O5. The van der Waals surface area contributed by atoms with Gasteiger partial charge >= 0.3 is 29.8 Å². The van der Waals surface area contributed by atoms with Crippen molar-refractivity contribution in [3.63, 3.8) is 0 Å². The largest absolute Gasteiger partial charge is 0.462 e. The predicted octanol–water partition coefficient (Wildman–Crippen LogP) is 4.54. The van der Waals surface area contributed by atoms with Crippen LogP contribution in [0.15, 0.2) is 52.9 Å². The van der Waals surface area contributed by atoms with E-state index in [4.69, 9.17) is 14.9 Å². The Morgan fingerprint density at radius 3 is 2.39 bits per heavy atom. The molecule has 0 saturated heterocycles. The quantitative estimate of drug-likeness (QED) is 0.333. The Hall–Kier alpha value is -4.41. The summed E-state index contributed by atoms with van der Waals surface area (Å²) in [4.78, 5) is 35.1. The highest BCUT2D eigenvalue weighted by Gasteiger charge is 2.24. The molecule has 0 aliphatic heterocycles. The van der Waals surface area contributed by atoms with Crippen LogP contribution in [0.3, 0.4) is 0 Å². The van der Waals surface area contributed by atoms with Crippen LogP contribution < -0.4 is 21.7 Å². The van der Waals surface area contributed by atoms with E-state index < -0.39 is 11.9 Å². The Labute approximate surface area is 207 Å². The van der Waals surface area contributed by atoms with E-state index in [0.717, 1.165) is 25.7 Å². The summed E-state index contributed by atoms with van der Waals surface area (Å²) in [6, 6.07) is 13.7. The van der Waals surface area contributed by atoms with E-state index in [9.17, 15) is 14.4 Å². The number of nitrogens with zero attached hydrogens (tertiary/aromatic N) is 2. The molecule has 0 unspecified atom stereocenters. The standard InChI is InChI=1S/C25H28N6O5/c1-2-21(32)35-20-12-8-16(9-13-20)15-6-10-17(11-7-15)27-22(33)23-30-31-25(36-23)29-19-5-3-4-18(14-19)28-24(26)34/h3-7,10-11,14,16,20H,2,8-9,12-13H2,1H3,(H,27,33)(H,29,31)(H3,26,28,34). The molecule has 2 aromatic carbocycles. The van der Waals surface area contributed by atoms with Crippen LogP contribution in [0.5, 0.6) is 0 Å². The number of benzene rings is 2. The van der Waals surface area contributed by atoms with Crippen molar-refractivity contribution in [2.75, 3.05) is 16.0 Å². The molecule has 0 spiro atoms. The third kappa shape index (κ3) is 6.59. The third-order valence-corrected chi connectivity index (χ3v) is 5.90. The zero-order chi connectivity index (χ0) is 25.5. The molecule has 1 saturated carbocycles. The fourth-order valence-corrected chi connectivity index (χ4v) is 4.11. The van der Waals surface area contributed by atoms with Crippen molar-refractivity contribution in [1.29, 1.82) is 0 Å². The fraction of sp³-hybridized carbons (Fsp3) is 0.320. The first-order chi connectivity index (χ1) is 17.4. The maximum absolute atomic E-state index is 12.6. The predicted molar refractivity (Wildman–Crippen MR) is 133 cm³/mol. The van der Waals surface area contributed by atoms with Gasteiger partial charge in [-0.2, -0.15) is 0 Å². The summed E-state index contributed by atoms with van der Waals surface area (Å²) in [6.45, 7) is 1.80. The van der Waals surface area contributed by atoms with Crippen LogP contribution in [-0.4, -0.2) is 34.2 Å². The van der Waals surface area contributed by atoms with Gasteiger partial charge in [-0.05, 0) is 67.5 Å². The van der Waals surface area contributed by atoms with Crippen molar-refractivity contribution in [3.8, 4) is 0 Å². The number of nitrogens with one attached hydrogen (secondary N) is 3. The molecule has 11 nitrogen and oxygen atoms in total. The lowest BCUT2D eigenvalue weighted by atomic mass is 9.82. The van der Waals surface area contributed by atoms with Crippen LogP contribution in [0.25, 0.3) is 0 Å². The minimum absolute atomic E-state index is 0.0109. The first kappa shape index (κ1) is 24.7. The van der Waals surface area contributed by atoms with Gasteiger partial charge in [0.25, 0.3) is 0 Å². The summed E-state index contributed by atoms with van der Waals surface area (Å²) in [5, 5.41) is 15.7. The highest BCUT2D eigenvalue weighted by Crippen LogP contribution is 2.34. The van der Waals surface area contributed by atoms with Crippen molar-refractivity contribution in [3.05, 3.63) is 60.0 Å². The molecule has 4 rings (SSSR count). The summed E-state index contributed by atoms with van der Waals surface area (Å²) in [7, 11) is 0. The van der Waals surface area contributed by atoms with Gasteiger partial charge in [0.1, 0.15) is 6.10 Å². The van der Waals surface area contributed by atoms with Gasteiger partial charge in [0, 0.05) is 23.5 Å². The van der Waals surface area contributed by atoms with Crippen LogP contribution in [-0.2, 0) is 9.53 Å². The third-order valence-electron chi connectivity index (χ3n) is 5.90. The van der Waals surface area contributed by atoms with Crippen molar-refractivity contribution in [2.45, 2.75) is 51.0 Å². The summed E-state index contributed by atoms with van der Waals surface area (Å²) in [6.07, 6.45) is 4.03. The number of carbonyl (C=O) groups excluding carboxylic acids is 3. The maximum atomic E-state index is 12.6. The number of esters is 1. The molecule has 1 heterocycles. The lowest BCUT2D eigenvalue weighted by Gasteiger charge is -2.28. The van der Waals surface area contributed by atoms with Crippen LogP contribution in [0, 0.1) is 0 Å². The summed E-state index contributed by atoms with van der Waals surface area (Å²) >= 11 is 0. The second kappa shape index (κ2) is 11.3. The minimum Gasteiger partial charge on any atom is -0.462 e. The molecule has 0 radical (unpaired) electrons. The Morgan fingerprint density at radius 2 is 1.69 bits per heavy atom. The number of amides is 3. The Morgan fingerprint density at radius 1 is 0.972 bits per heavy atom. The van der Waals surface area contributed by atoms with Gasteiger partial charge in [-0.1, -0.05) is 30.2 Å². The zero-order valence-electron chi connectivity index (χ0n) is 19.8. The smallest absolute Gasteiger partial charge is 0.320 e. The Bertz CT molecular complexity index is 1220. The maximum Gasteiger partial charge on any atom is 0.320 e. The average molecular weight is 493 g/mol. The van der Waals surface area contributed by atoms with Gasteiger partial charge in [0.15, 0.2) is 0 Å². The summed E-state index contributed by atoms with van der Waals surface area (Å²) in [5.41, 5.74) is 7.96. The molecule has 3 amide bonds. The number of carbonyl (C=O) groups is 3. The van der Waals surface area contributed by atoms with E-state index >= 15 is 0 Å². The number of urea groups is 1. The van der Waals surface area contributed by atoms with Crippen molar-refractivity contribution in [2.24, 2.45) is 5.73 Å². The molecule has 1 fully saturated rings. The molecule has 11 heteroatoms. The number of nitrogens with two attached hydrogens (primary N) is 1. The van der Waals surface area contributed by atoms with Crippen LogP contribution in [0.2, 0.25) is 0 Å². The first-order valence-electron chi connectivity index (χ1n) is 11.8. The lowest BCUT2D eigenvalue weighted by Crippen LogP contribution is -2.23. The normalized spacial score (nSPS) is 17.1. The molecule has 0 bridgehead atoms. The lowest BCUT2D eigenvalue weighted by molar-refractivity contribution is -0.150. The zero-order valence-corrected chi connectivity index (χ0v) is 19.8. The van der Waals surface area contributed by atoms with Gasteiger partial charge in [-0.3, -0.25) is 9.59 Å². The SMILES string of the molecule is CCC(=O)OC1CCC(c2ccc(NC(=O)c3nnc(Nc4cccc(NC(N)=O)c4)o3)cc2)CC1. The van der Waals surface area contributed by atoms with Crippen molar-refractivity contribution >= 4 is 41.0 Å². The van der Waals surface area contributed by atoms with Crippen LogP contribution in [0.4, 0.5) is 27.9 Å². The molecule has 36 heavy (non-hydrogen) atoms. The molecular weight excluding hydrogens is 464 g/mol. The molecule has 5 N–H and O–H groups in total. The molecule has 1 aliphatic carbocycles. The van der Waals surface area contributed by atoms with E-state index in [1.807, 2.05) is 24.3 Å². The Balaban J connectivity index is 1.30. The van der Waals surface area contributed by atoms with E-state index in [1.165, 1.54) is 5.56 Å². The monoisotopic (exact) mass is 492 g/mol. The van der Waals surface area contributed by atoms with Gasteiger partial charge in [0.05, 0.1) is 0 Å². The second-order valence-corrected chi connectivity index (χ2v) is 8.50. The number of aromatic nitrogens is 2. The fourth-order valence-electron chi connectivity index (χ4n) is 4.11. The molecule has 1 aliphatic rings. The highest BCUT2D eigenvalue weighted by atomic mass is 16.5. The summed E-state index contributed by atoms with van der Waals surface area (Å²) in [5.74, 6) is -0.486. The number of anilines is 4. The van der Waals surface area contributed by atoms with Gasteiger partial charge in [-0.15, -0.1) is 5.10 Å². The molecule has 1 aromatic heterocycles. The number of rotatable bonds is 8. The number of ether oxygens (including phenoxy) is 1. The summed E-state index contributed by atoms with van der Waals surface area (Å²) < 4.78 is 10.9. The van der Waals surface area contributed by atoms with Crippen molar-refractivity contribution in [1.82, 2.24) is 10.2 Å². The van der Waals surface area contributed by atoms with E-state index in [-0.39, 0.29) is 24.0 Å². The Kier molecular flexibility index (Phi) is 7.79. The van der Waals surface area contributed by atoms with Gasteiger partial charge in [0.2, 0.25) is 0 Å². The minimum atomic E-state index is -0.681. The number of hydrogen-bond donors (Lipinski definition) is 4. The van der Waals surface area contributed by atoms with Crippen LogP contribution in [0.1, 0.15) is 61.2 Å². The number of hydrogen-bond acceptors (Lipinski definition) is 8. The van der Waals surface area contributed by atoms with E-state index in [2.05, 4.69) is 26.1 Å². The van der Waals surface area contributed by atoms with Gasteiger partial charge in [-0.25, -0.2) is 4.79 Å². The highest BCUT2D eigenvalue weighted by molar-refractivity contribution is 6.00. The molecule has 0 atom stereocenters. The van der Waals surface area contributed by atoms with Crippen molar-refractivity contribution < 1.29 is 23.5 Å². The first-order valence-corrected chi connectivity index (χ1v) is 11.8. The molecule has 3 aromatic rings. The van der Waals surface area contributed by atoms with Crippen LogP contribution >= 0.6 is 0 Å². The topological polar surface area (TPSA) is 161 Å². The average Bonchev–Trinajstić information content (AvgIpc) is 3.33. The number of primary amides is 1. The van der Waals surface area contributed by atoms with E-state index in [0.29, 0.717) is 29.4 Å².